The molecule has 0 saturated carbocycles. The topological polar surface area (TPSA) is 9.23 Å². The highest BCUT2D eigenvalue weighted by Crippen LogP contribution is 2.16. The smallest absolute Gasteiger partial charge is 0.292 e. The van der Waals surface area contributed by atoms with Crippen LogP contribution < -0.4 is 0 Å². The van der Waals surface area contributed by atoms with Gasteiger partial charge in [0.15, 0.2) is 0 Å². The predicted octanol–water partition coefficient (Wildman–Crippen LogP) is 3.13. The number of ether oxygens (including phenoxy) is 1. The fraction of sp³-hybridized carbons (Fsp3) is 0.714. The predicted molar refractivity (Wildman–Crippen MR) is 38.2 cm³/mol. The third-order valence-corrected chi connectivity index (χ3v) is 0.764. The molecule has 0 saturated heterocycles. The molecule has 0 aromatic heterocycles. The van der Waals surface area contributed by atoms with Gasteiger partial charge < -0.3 is 0 Å². The zero-order valence-electron chi connectivity index (χ0n) is 6.58. The largest absolute Gasteiger partial charge is 0.522 e. The van der Waals surface area contributed by atoms with Crippen LogP contribution in [-0.4, -0.2) is 13.0 Å². The lowest BCUT2D eigenvalue weighted by Crippen LogP contribution is -2.13. The van der Waals surface area contributed by atoms with E-state index in [0.717, 1.165) is 6.42 Å². The zero-order chi connectivity index (χ0) is 9.33. The summed E-state index contributed by atoms with van der Waals surface area (Å²) in [4.78, 5) is 0. The third kappa shape index (κ3) is 17.7. The first-order chi connectivity index (χ1) is 5.06. The number of rotatable bonds is 3. The van der Waals surface area contributed by atoms with Gasteiger partial charge in [-0.25, -0.2) is 0 Å². The Balaban J connectivity index is 0. The van der Waals surface area contributed by atoms with Crippen LogP contribution in [0.3, 0.4) is 0 Å². The normalized spacial score (nSPS) is 10.2. The van der Waals surface area contributed by atoms with E-state index < -0.39 is 6.36 Å². The zero-order valence-corrected chi connectivity index (χ0v) is 6.58. The quantitative estimate of drug-likeness (QED) is 0.467. The lowest BCUT2D eigenvalue weighted by atomic mass is 10.4. The first-order valence-electron chi connectivity index (χ1n) is 3.27. The number of unbranched alkanes of at least 4 members (excludes halogenated alkanes) is 1. The van der Waals surface area contributed by atoms with Gasteiger partial charge in [-0.3, -0.25) is 4.74 Å². The molecule has 0 fully saturated rings. The molecule has 4 heteroatoms. The molecule has 0 rings (SSSR count). The van der Waals surface area contributed by atoms with Gasteiger partial charge in [-0.1, -0.05) is 13.3 Å². The van der Waals surface area contributed by atoms with Crippen LogP contribution in [0.15, 0.2) is 13.2 Å². The van der Waals surface area contributed by atoms with Gasteiger partial charge in [-0.2, -0.15) is 0 Å². The molecule has 1 nitrogen and oxygen atoms in total. The van der Waals surface area contributed by atoms with Crippen LogP contribution in [0.4, 0.5) is 13.2 Å². The average molecular weight is 170 g/mol. The van der Waals surface area contributed by atoms with Gasteiger partial charge in [0, 0.05) is 0 Å². The van der Waals surface area contributed by atoms with Crippen molar-refractivity contribution in [2.75, 3.05) is 6.61 Å². The van der Waals surface area contributed by atoms with Crippen molar-refractivity contribution >= 4 is 0 Å². The van der Waals surface area contributed by atoms with Gasteiger partial charge in [0.05, 0.1) is 6.61 Å². The molecule has 0 atom stereocenters. The Kier molecular flexibility index (Phi) is 9.05. The van der Waals surface area contributed by atoms with Gasteiger partial charge in [0.25, 0.3) is 0 Å². The summed E-state index contributed by atoms with van der Waals surface area (Å²) in [6.07, 6.45) is -3.27. The van der Waals surface area contributed by atoms with Crippen LogP contribution in [-0.2, 0) is 4.74 Å². The first-order valence-corrected chi connectivity index (χ1v) is 3.27. The van der Waals surface area contributed by atoms with E-state index in [1.807, 2.05) is 0 Å². The molecule has 0 heterocycles. The van der Waals surface area contributed by atoms with E-state index >= 15 is 0 Å². The molecule has 0 aliphatic rings. The van der Waals surface area contributed by atoms with E-state index in [0.29, 0.717) is 6.42 Å². The second-order valence-electron chi connectivity index (χ2n) is 1.65. The molecular weight excluding hydrogens is 157 g/mol. The molecule has 0 bridgehead atoms. The van der Waals surface area contributed by atoms with Crippen LogP contribution in [0.1, 0.15) is 19.8 Å². The highest BCUT2D eigenvalue weighted by atomic mass is 19.4. The maximum Gasteiger partial charge on any atom is 0.522 e. The average Bonchev–Trinajstić information content (AvgIpc) is 1.90. The minimum atomic E-state index is -4.45. The summed E-state index contributed by atoms with van der Waals surface area (Å²) in [5.41, 5.74) is 0. The highest BCUT2D eigenvalue weighted by molar-refractivity contribution is 4.32. The summed E-state index contributed by atoms with van der Waals surface area (Å²) in [5, 5.41) is 0. The van der Waals surface area contributed by atoms with E-state index in [1.165, 1.54) is 0 Å². The lowest BCUT2D eigenvalue weighted by molar-refractivity contribution is -0.324. The fourth-order valence-electron chi connectivity index (χ4n) is 0.332. The minimum absolute atomic E-state index is 0.222. The molecule has 0 amide bonds. The molecule has 68 valence electrons. The number of hydrogen-bond acceptors (Lipinski definition) is 1. The molecule has 0 aliphatic carbocycles. The Morgan fingerprint density at radius 3 is 2.00 bits per heavy atom. The molecule has 0 aromatic rings. The number of halogens is 3. The van der Waals surface area contributed by atoms with Crippen molar-refractivity contribution in [3.05, 3.63) is 13.2 Å². The maximum atomic E-state index is 11.2. The molecule has 0 radical (unpaired) electrons. The van der Waals surface area contributed by atoms with Crippen LogP contribution >= 0.6 is 0 Å². The van der Waals surface area contributed by atoms with Crippen molar-refractivity contribution in [3.8, 4) is 0 Å². The SMILES string of the molecule is C=C.CCCCOC(F)(F)F. The van der Waals surface area contributed by atoms with Crippen LogP contribution in [0.5, 0.6) is 0 Å². The van der Waals surface area contributed by atoms with Crippen molar-refractivity contribution in [2.45, 2.75) is 26.1 Å². The van der Waals surface area contributed by atoms with Crippen molar-refractivity contribution < 1.29 is 17.9 Å². The van der Waals surface area contributed by atoms with Gasteiger partial charge >= 0.3 is 6.36 Å². The summed E-state index contributed by atoms with van der Waals surface area (Å²) in [5.74, 6) is 0. The summed E-state index contributed by atoms with van der Waals surface area (Å²) < 4.78 is 36.9. The van der Waals surface area contributed by atoms with Gasteiger partial charge in [0.2, 0.25) is 0 Å². The fourth-order valence-corrected chi connectivity index (χ4v) is 0.332. The summed E-state index contributed by atoms with van der Waals surface area (Å²) in [6, 6.07) is 0. The summed E-state index contributed by atoms with van der Waals surface area (Å²) in [7, 11) is 0. The van der Waals surface area contributed by atoms with Crippen molar-refractivity contribution in [2.24, 2.45) is 0 Å². The number of hydrogen-bond donors (Lipinski definition) is 0. The molecule has 0 spiro atoms. The molecule has 0 N–H and O–H groups in total. The van der Waals surface area contributed by atoms with E-state index in [2.05, 4.69) is 17.9 Å². The van der Waals surface area contributed by atoms with Crippen LogP contribution in [0, 0.1) is 0 Å². The van der Waals surface area contributed by atoms with Crippen LogP contribution in [0.2, 0.25) is 0 Å². The second-order valence-corrected chi connectivity index (χ2v) is 1.65. The van der Waals surface area contributed by atoms with E-state index in [9.17, 15) is 13.2 Å². The Hall–Kier alpha value is -0.510. The van der Waals surface area contributed by atoms with E-state index in [1.54, 1.807) is 6.92 Å². The summed E-state index contributed by atoms with van der Waals surface area (Å²) in [6.45, 7) is 7.58. The number of alkyl halides is 3. The molecule has 0 unspecified atom stereocenters. The monoisotopic (exact) mass is 170 g/mol. The molecule has 0 aromatic carbocycles. The molecule has 11 heavy (non-hydrogen) atoms. The van der Waals surface area contributed by atoms with Crippen LogP contribution in [0.25, 0.3) is 0 Å². The van der Waals surface area contributed by atoms with Crippen molar-refractivity contribution in [1.82, 2.24) is 0 Å². The maximum absolute atomic E-state index is 11.2. The first kappa shape index (κ1) is 13.1. The Bertz CT molecular complexity index is 80.2. The Morgan fingerprint density at radius 2 is 1.73 bits per heavy atom. The minimum Gasteiger partial charge on any atom is -0.292 e. The Labute approximate surface area is 64.9 Å². The Morgan fingerprint density at radius 1 is 1.27 bits per heavy atom. The second kappa shape index (κ2) is 7.60. The standard InChI is InChI=1S/C5H9F3O.C2H4/c1-2-3-4-9-5(6,7)8;1-2/h2-4H2,1H3;1-2H2. The molecular formula is C7H13F3O. The van der Waals surface area contributed by atoms with Crippen molar-refractivity contribution in [1.29, 1.82) is 0 Å². The van der Waals surface area contributed by atoms with Gasteiger partial charge in [-0.15, -0.1) is 26.3 Å². The van der Waals surface area contributed by atoms with E-state index in [4.69, 9.17) is 0 Å². The van der Waals surface area contributed by atoms with Gasteiger partial charge in [0.1, 0.15) is 0 Å². The highest BCUT2D eigenvalue weighted by Gasteiger charge is 2.28. The third-order valence-electron chi connectivity index (χ3n) is 0.764. The molecule has 0 aliphatic heterocycles. The van der Waals surface area contributed by atoms with E-state index in [-0.39, 0.29) is 6.61 Å². The summed E-state index contributed by atoms with van der Waals surface area (Å²) >= 11 is 0. The van der Waals surface area contributed by atoms with Gasteiger partial charge in [-0.05, 0) is 6.42 Å². The van der Waals surface area contributed by atoms with Crippen molar-refractivity contribution in [3.63, 3.8) is 0 Å². The lowest BCUT2D eigenvalue weighted by Gasteiger charge is -2.04.